The minimum atomic E-state index is -1.96. The van der Waals surface area contributed by atoms with E-state index in [1.807, 2.05) is 0 Å². The number of rotatable bonds is 7. The maximum atomic E-state index is 12.4. The predicted octanol–water partition coefficient (Wildman–Crippen LogP) is 2.23. The third-order valence-electron chi connectivity index (χ3n) is 19.0. The molecule has 24 atom stereocenters. The molecule has 9 N–H and O–H groups in total. The number of carbonyl (C=O) groups is 1. The van der Waals surface area contributed by atoms with Crippen molar-refractivity contribution in [3.8, 4) is 0 Å². The number of aliphatic hydroxyl groups excluding tert-OH is 8. The number of hydrogen-bond donors (Lipinski definition) is 9. The highest BCUT2D eigenvalue weighted by molar-refractivity contribution is 5.73. The zero-order valence-corrected chi connectivity index (χ0v) is 38.4. The lowest BCUT2D eigenvalue weighted by molar-refractivity contribution is -0.386. The maximum Gasteiger partial charge on any atom is 0.335 e. The Kier molecular flexibility index (Phi) is 12.5. The molecule has 5 aliphatic carbocycles. The minimum absolute atomic E-state index is 0.00107. The van der Waals surface area contributed by atoms with E-state index in [1.165, 1.54) is 6.92 Å². The first kappa shape index (κ1) is 48.1. The van der Waals surface area contributed by atoms with Crippen LogP contribution in [0.2, 0.25) is 0 Å². The molecule has 0 aromatic heterocycles. The Labute approximate surface area is 371 Å². The van der Waals surface area contributed by atoms with Crippen molar-refractivity contribution in [1.82, 2.24) is 0 Å². The van der Waals surface area contributed by atoms with E-state index < -0.39 is 110 Å². The van der Waals surface area contributed by atoms with Crippen LogP contribution >= 0.6 is 0 Å². The normalized spacial score (nSPS) is 56.3. The summed E-state index contributed by atoms with van der Waals surface area (Å²) in [6, 6.07) is 0. The summed E-state index contributed by atoms with van der Waals surface area (Å²) in [5.41, 5.74) is -0.643. The van der Waals surface area contributed by atoms with Gasteiger partial charge in [-0.3, -0.25) is 0 Å². The van der Waals surface area contributed by atoms with Gasteiger partial charge in [0.1, 0.15) is 54.9 Å². The summed E-state index contributed by atoms with van der Waals surface area (Å²) in [4.78, 5) is 12.4. The van der Waals surface area contributed by atoms with Crippen molar-refractivity contribution in [2.45, 2.75) is 212 Å². The largest absolute Gasteiger partial charge is 0.479 e. The van der Waals surface area contributed by atoms with Crippen molar-refractivity contribution >= 4 is 5.97 Å². The third kappa shape index (κ3) is 7.51. The van der Waals surface area contributed by atoms with Gasteiger partial charge in [0, 0.05) is 0 Å². The number of carboxylic acids is 1. The quantitative estimate of drug-likeness (QED) is 0.131. The van der Waals surface area contributed by atoms with E-state index in [9.17, 15) is 50.8 Å². The Morgan fingerprint density at radius 1 is 0.635 bits per heavy atom. The summed E-state index contributed by atoms with van der Waals surface area (Å²) >= 11 is 0. The first-order chi connectivity index (χ1) is 29.2. The predicted molar refractivity (Wildman–Crippen MR) is 223 cm³/mol. The van der Waals surface area contributed by atoms with E-state index in [0.717, 1.165) is 44.9 Å². The summed E-state index contributed by atoms with van der Waals surface area (Å²) in [5, 5.41) is 97.3. The smallest absolute Gasteiger partial charge is 0.335 e. The molecule has 360 valence electrons. The molecule has 0 aromatic carbocycles. The van der Waals surface area contributed by atoms with Crippen molar-refractivity contribution < 1.29 is 79.2 Å². The van der Waals surface area contributed by atoms with Gasteiger partial charge in [-0.05, 0) is 114 Å². The lowest BCUT2D eigenvalue weighted by Gasteiger charge is -2.72. The van der Waals surface area contributed by atoms with Gasteiger partial charge >= 0.3 is 5.97 Å². The summed E-state index contributed by atoms with van der Waals surface area (Å²) in [6.07, 6.45) is -11.3. The lowest BCUT2D eigenvalue weighted by atomic mass is 9.33. The molecule has 0 amide bonds. The van der Waals surface area contributed by atoms with Crippen molar-refractivity contribution in [2.75, 3.05) is 6.61 Å². The van der Waals surface area contributed by atoms with Gasteiger partial charge in [0.25, 0.3) is 0 Å². The fraction of sp³-hybridized carbons (Fsp3) is 0.936. The Hall–Kier alpha value is -1.35. The monoisotopic (exact) mass is 897 g/mol. The second-order valence-corrected chi connectivity index (χ2v) is 23.4. The van der Waals surface area contributed by atoms with Gasteiger partial charge in [-0.2, -0.15) is 0 Å². The minimum Gasteiger partial charge on any atom is -0.479 e. The molecule has 3 heterocycles. The number of aliphatic hydroxyl groups is 8. The SMILES string of the molecule is CC1OC(OC2C(OC3C(OC4CCC5(C)C(CCC6(C)C5C=CC5C7CC(C)(C)CC(O)C7(C)CCC56C)C4(C)C)OC(C(=O)O)C(O)C3O)OCC(O)C2O)C(O)C(O)C1O. The highest BCUT2D eigenvalue weighted by atomic mass is 16.8. The highest BCUT2D eigenvalue weighted by Crippen LogP contribution is 2.75. The number of fused-ring (bicyclic) bond motifs is 7. The molecule has 24 unspecified atom stereocenters. The van der Waals surface area contributed by atoms with Crippen molar-refractivity contribution in [1.29, 1.82) is 0 Å². The molecule has 0 bridgehead atoms. The van der Waals surface area contributed by atoms with Crippen molar-refractivity contribution in [2.24, 2.45) is 56.2 Å². The van der Waals surface area contributed by atoms with Gasteiger partial charge in [0.05, 0.1) is 24.9 Å². The zero-order chi connectivity index (χ0) is 46.1. The van der Waals surface area contributed by atoms with Gasteiger partial charge in [0.15, 0.2) is 25.0 Å². The van der Waals surface area contributed by atoms with Crippen LogP contribution in [0.15, 0.2) is 12.2 Å². The lowest BCUT2D eigenvalue weighted by Crippen LogP contribution is -2.68. The van der Waals surface area contributed by atoms with Gasteiger partial charge in [0.2, 0.25) is 0 Å². The van der Waals surface area contributed by atoms with Gasteiger partial charge in [-0.1, -0.05) is 67.5 Å². The van der Waals surface area contributed by atoms with Crippen LogP contribution in [0.5, 0.6) is 0 Å². The Morgan fingerprint density at radius 3 is 1.98 bits per heavy atom. The molecule has 16 heteroatoms. The maximum absolute atomic E-state index is 12.4. The average Bonchev–Trinajstić information content (AvgIpc) is 3.20. The summed E-state index contributed by atoms with van der Waals surface area (Å²) in [6.45, 7) is 19.7. The molecule has 63 heavy (non-hydrogen) atoms. The molecule has 8 rings (SSSR count). The van der Waals surface area contributed by atoms with E-state index in [0.29, 0.717) is 18.3 Å². The van der Waals surface area contributed by atoms with Crippen LogP contribution in [0.4, 0.5) is 0 Å². The number of allylic oxidation sites excluding steroid dienone is 2. The number of carboxylic acid groups (broad SMARTS) is 1. The molecule has 7 fully saturated rings. The van der Waals surface area contributed by atoms with E-state index in [1.54, 1.807) is 0 Å². The van der Waals surface area contributed by atoms with Gasteiger partial charge < -0.3 is 74.4 Å². The fourth-order valence-electron chi connectivity index (χ4n) is 14.9. The Bertz CT molecular complexity index is 1730. The number of ether oxygens (including phenoxy) is 6. The first-order valence-corrected chi connectivity index (χ1v) is 23.5. The molecule has 0 spiro atoms. The van der Waals surface area contributed by atoms with Crippen LogP contribution < -0.4 is 0 Å². The molecule has 4 saturated carbocycles. The molecule has 8 aliphatic rings. The summed E-state index contributed by atoms with van der Waals surface area (Å²) in [5.74, 6) is -0.342. The van der Waals surface area contributed by atoms with Gasteiger partial charge in [-0.25, -0.2) is 4.79 Å². The fourth-order valence-corrected chi connectivity index (χ4v) is 14.9. The third-order valence-corrected chi connectivity index (χ3v) is 19.0. The zero-order valence-electron chi connectivity index (χ0n) is 38.4. The highest BCUT2D eigenvalue weighted by Gasteiger charge is 2.70. The molecule has 3 saturated heterocycles. The number of aliphatic carboxylic acids is 1. The molecule has 3 aliphatic heterocycles. The first-order valence-electron chi connectivity index (χ1n) is 23.5. The molecule has 0 radical (unpaired) electrons. The Morgan fingerprint density at radius 2 is 1.30 bits per heavy atom. The Balaban J connectivity index is 1.05. The van der Waals surface area contributed by atoms with Crippen LogP contribution in [0.3, 0.4) is 0 Å². The van der Waals surface area contributed by atoms with E-state index in [2.05, 4.69) is 67.5 Å². The molecular weight excluding hydrogens is 821 g/mol. The van der Waals surface area contributed by atoms with Crippen LogP contribution in [0.25, 0.3) is 0 Å². The molecule has 0 aromatic rings. The number of hydrogen-bond acceptors (Lipinski definition) is 15. The summed E-state index contributed by atoms with van der Waals surface area (Å²) in [7, 11) is 0. The van der Waals surface area contributed by atoms with Crippen LogP contribution in [0.1, 0.15) is 114 Å². The average molecular weight is 897 g/mol. The second kappa shape index (κ2) is 16.4. The molecule has 16 nitrogen and oxygen atoms in total. The second-order valence-electron chi connectivity index (χ2n) is 23.4. The van der Waals surface area contributed by atoms with E-state index >= 15 is 0 Å². The van der Waals surface area contributed by atoms with Gasteiger partial charge in [-0.15, -0.1) is 0 Å². The van der Waals surface area contributed by atoms with Crippen molar-refractivity contribution in [3.05, 3.63) is 12.2 Å². The van der Waals surface area contributed by atoms with E-state index in [-0.39, 0.29) is 45.0 Å². The topological polar surface area (TPSA) is 255 Å². The van der Waals surface area contributed by atoms with Crippen LogP contribution in [-0.4, -0.2) is 157 Å². The summed E-state index contributed by atoms with van der Waals surface area (Å²) < 4.78 is 36.2. The molecular formula is C47H76O16. The van der Waals surface area contributed by atoms with Crippen LogP contribution in [0, 0.1) is 56.2 Å². The standard InChI is InChI=1S/C47H76O16/c1-21-29(50)31(52)34(55)39(59-21)62-36-30(51)24(48)20-58-40(36)63-37-33(54)32(53)35(38(56)57)61-41(37)60-28-13-14-45(7)25(43(28,4)5)12-15-47(9)26(45)11-10-22-23-18-42(2,3)19-27(49)44(23,6)16-17-46(22,47)8/h10-11,21-37,39-41,48-55H,12-20H2,1-9H3,(H,56,57). The van der Waals surface area contributed by atoms with Crippen LogP contribution in [-0.2, 0) is 33.2 Å². The van der Waals surface area contributed by atoms with E-state index in [4.69, 9.17) is 28.4 Å². The van der Waals surface area contributed by atoms with Crippen molar-refractivity contribution in [3.63, 3.8) is 0 Å².